The summed E-state index contributed by atoms with van der Waals surface area (Å²) in [7, 11) is 0. The van der Waals surface area contributed by atoms with E-state index in [2.05, 4.69) is 5.32 Å². The molecular weight excluding hydrogens is 298 g/mol. The van der Waals surface area contributed by atoms with Crippen molar-refractivity contribution in [3.05, 3.63) is 30.3 Å². The Labute approximate surface area is 134 Å². The minimum absolute atomic E-state index is 0.0630. The van der Waals surface area contributed by atoms with Gasteiger partial charge in [0.15, 0.2) is 0 Å². The Hall–Kier alpha value is -2.57. The van der Waals surface area contributed by atoms with E-state index in [4.69, 9.17) is 4.74 Å². The minimum atomic E-state index is -0.412. The first kappa shape index (κ1) is 15.3. The zero-order valence-corrected chi connectivity index (χ0v) is 12.7. The lowest BCUT2D eigenvalue weighted by atomic mass is 10.2. The van der Waals surface area contributed by atoms with Crippen molar-refractivity contribution in [1.82, 2.24) is 15.1 Å². The lowest BCUT2D eigenvalue weighted by Gasteiger charge is -2.35. The molecule has 1 unspecified atom stereocenters. The van der Waals surface area contributed by atoms with Crippen molar-refractivity contribution >= 4 is 17.9 Å². The molecule has 0 bridgehead atoms. The predicted octanol–water partition coefficient (Wildman–Crippen LogP) is 0.608. The molecule has 1 aromatic rings. The third-order valence-corrected chi connectivity index (χ3v) is 4.09. The topological polar surface area (TPSA) is 79.0 Å². The Morgan fingerprint density at radius 2 is 1.70 bits per heavy atom. The molecule has 122 valence electrons. The van der Waals surface area contributed by atoms with Gasteiger partial charge in [-0.15, -0.1) is 0 Å². The summed E-state index contributed by atoms with van der Waals surface area (Å²) in [6.45, 7) is 1.76. The van der Waals surface area contributed by atoms with Crippen LogP contribution < -0.4 is 10.1 Å². The third kappa shape index (κ3) is 3.61. The Balaban J connectivity index is 1.49. The fraction of sp³-hybridized carbons (Fsp3) is 0.438. The molecule has 2 aliphatic rings. The van der Waals surface area contributed by atoms with Crippen molar-refractivity contribution in [3.63, 3.8) is 0 Å². The zero-order chi connectivity index (χ0) is 16.2. The summed E-state index contributed by atoms with van der Waals surface area (Å²) in [5, 5.41) is 2.68. The van der Waals surface area contributed by atoms with Gasteiger partial charge in [0.25, 0.3) is 0 Å². The predicted molar refractivity (Wildman–Crippen MR) is 81.8 cm³/mol. The van der Waals surface area contributed by atoms with Gasteiger partial charge in [-0.05, 0) is 18.6 Å². The van der Waals surface area contributed by atoms with E-state index in [1.54, 1.807) is 34.1 Å². The van der Waals surface area contributed by atoms with Gasteiger partial charge in [-0.1, -0.05) is 18.2 Å². The fourth-order valence-corrected chi connectivity index (χ4v) is 2.78. The number of ether oxygens (including phenoxy) is 1. The van der Waals surface area contributed by atoms with Gasteiger partial charge in [-0.2, -0.15) is 0 Å². The highest BCUT2D eigenvalue weighted by Gasteiger charge is 2.33. The number of para-hydroxylation sites is 1. The molecule has 2 saturated heterocycles. The summed E-state index contributed by atoms with van der Waals surface area (Å²) in [5.74, 6) is 0.366. The molecular formula is C16H19N3O4. The maximum atomic E-state index is 12.3. The molecule has 0 aliphatic carbocycles. The summed E-state index contributed by atoms with van der Waals surface area (Å²) in [6.07, 6.45) is 0.547. The van der Waals surface area contributed by atoms with Gasteiger partial charge in [0, 0.05) is 32.6 Å². The van der Waals surface area contributed by atoms with E-state index in [9.17, 15) is 14.4 Å². The summed E-state index contributed by atoms with van der Waals surface area (Å²) in [5.41, 5.74) is 0. The van der Waals surface area contributed by atoms with Crippen LogP contribution in [-0.4, -0.2) is 59.9 Å². The molecule has 1 aromatic carbocycles. The molecule has 7 nitrogen and oxygen atoms in total. The quantitative estimate of drug-likeness (QED) is 0.867. The van der Waals surface area contributed by atoms with E-state index < -0.39 is 12.1 Å². The largest absolute Gasteiger partial charge is 0.415 e. The molecule has 2 heterocycles. The highest BCUT2D eigenvalue weighted by atomic mass is 16.6. The Morgan fingerprint density at radius 1 is 1.04 bits per heavy atom. The van der Waals surface area contributed by atoms with Crippen molar-refractivity contribution in [3.8, 4) is 5.75 Å². The van der Waals surface area contributed by atoms with Gasteiger partial charge in [-0.3, -0.25) is 9.59 Å². The van der Waals surface area contributed by atoms with E-state index in [1.165, 1.54) is 0 Å². The van der Waals surface area contributed by atoms with Crippen LogP contribution in [0, 0.1) is 0 Å². The molecule has 0 radical (unpaired) electrons. The van der Waals surface area contributed by atoms with Crippen LogP contribution in [-0.2, 0) is 9.59 Å². The number of hydrogen-bond donors (Lipinski definition) is 1. The normalized spacial score (nSPS) is 21.0. The van der Waals surface area contributed by atoms with Gasteiger partial charge in [-0.25, -0.2) is 4.79 Å². The van der Waals surface area contributed by atoms with Crippen molar-refractivity contribution in [2.45, 2.75) is 18.9 Å². The second-order valence-corrected chi connectivity index (χ2v) is 5.65. The third-order valence-electron chi connectivity index (χ3n) is 4.09. The highest BCUT2D eigenvalue weighted by molar-refractivity contribution is 5.91. The van der Waals surface area contributed by atoms with E-state index in [1.807, 2.05) is 6.07 Å². The van der Waals surface area contributed by atoms with Crippen molar-refractivity contribution in [2.75, 3.05) is 26.2 Å². The summed E-state index contributed by atoms with van der Waals surface area (Å²) < 4.78 is 5.29. The van der Waals surface area contributed by atoms with E-state index in [-0.39, 0.29) is 11.8 Å². The van der Waals surface area contributed by atoms with E-state index in [0.717, 1.165) is 0 Å². The van der Waals surface area contributed by atoms with Crippen molar-refractivity contribution in [1.29, 1.82) is 0 Å². The standard InChI is InChI=1S/C16H19N3O4/c20-14-7-6-13(17-14)15(21)18-8-10-19(11-9-18)16(22)23-12-4-2-1-3-5-12/h1-5,13H,6-11H2,(H,17,20). The first-order valence-electron chi connectivity index (χ1n) is 7.73. The number of piperazine rings is 1. The van der Waals surface area contributed by atoms with Crippen LogP contribution in [0.2, 0.25) is 0 Å². The van der Waals surface area contributed by atoms with Crippen molar-refractivity contribution < 1.29 is 19.1 Å². The van der Waals surface area contributed by atoms with Gasteiger partial charge >= 0.3 is 6.09 Å². The minimum Gasteiger partial charge on any atom is -0.410 e. The molecule has 0 spiro atoms. The van der Waals surface area contributed by atoms with Crippen LogP contribution in [0.15, 0.2) is 30.3 Å². The van der Waals surface area contributed by atoms with Crippen LogP contribution in [0.4, 0.5) is 4.79 Å². The Morgan fingerprint density at radius 3 is 2.30 bits per heavy atom. The van der Waals surface area contributed by atoms with Crippen LogP contribution in [0.25, 0.3) is 0 Å². The summed E-state index contributed by atoms with van der Waals surface area (Å²) in [4.78, 5) is 38.9. The Kier molecular flexibility index (Phi) is 4.45. The average molecular weight is 317 g/mol. The van der Waals surface area contributed by atoms with Gasteiger partial charge < -0.3 is 19.9 Å². The number of nitrogens with one attached hydrogen (secondary N) is 1. The molecule has 3 rings (SSSR count). The molecule has 7 heteroatoms. The SMILES string of the molecule is O=C1CCC(C(=O)N2CCN(C(=O)Oc3ccccc3)CC2)N1. The number of carbonyl (C=O) groups excluding carboxylic acids is 3. The molecule has 2 fully saturated rings. The second-order valence-electron chi connectivity index (χ2n) is 5.65. The monoisotopic (exact) mass is 317 g/mol. The lowest BCUT2D eigenvalue weighted by Crippen LogP contribution is -2.54. The maximum Gasteiger partial charge on any atom is 0.415 e. The van der Waals surface area contributed by atoms with Gasteiger partial charge in [0.2, 0.25) is 11.8 Å². The Bertz CT molecular complexity index is 597. The second kappa shape index (κ2) is 6.68. The lowest BCUT2D eigenvalue weighted by molar-refractivity contribution is -0.135. The fourth-order valence-electron chi connectivity index (χ4n) is 2.78. The van der Waals surface area contributed by atoms with E-state index >= 15 is 0 Å². The van der Waals surface area contributed by atoms with Crippen LogP contribution >= 0.6 is 0 Å². The van der Waals surface area contributed by atoms with Crippen molar-refractivity contribution in [2.24, 2.45) is 0 Å². The number of amides is 3. The number of carbonyl (C=O) groups is 3. The highest BCUT2D eigenvalue weighted by Crippen LogP contribution is 2.14. The molecule has 0 saturated carbocycles. The smallest absolute Gasteiger partial charge is 0.410 e. The number of hydrogen-bond acceptors (Lipinski definition) is 4. The summed E-state index contributed by atoms with van der Waals surface area (Å²) >= 11 is 0. The molecule has 2 aliphatic heterocycles. The van der Waals surface area contributed by atoms with Crippen LogP contribution in [0.1, 0.15) is 12.8 Å². The number of nitrogens with zero attached hydrogens (tertiary/aromatic N) is 2. The summed E-state index contributed by atoms with van der Waals surface area (Å²) in [6, 6.07) is 8.49. The molecule has 1 N–H and O–H groups in total. The molecule has 0 aromatic heterocycles. The average Bonchev–Trinajstić information content (AvgIpc) is 3.02. The molecule has 1 atom stereocenters. The van der Waals surface area contributed by atoms with E-state index in [0.29, 0.717) is 44.8 Å². The zero-order valence-electron chi connectivity index (χ0n) is 12.7. The number of rotatable bonds is 2. The first-order valence-corrected chi connectivity index (χ1v) is 7.73. The van der Waals surface area contributed by atoms with Gasteiger partial charge in [0.05, 0.1) is 0 Å². The first-order chi connectivity index (χ1) is 11.1. The maximum absolute atomic E-state index is 12.3. The van der Waals surface area contributed by atoms with Gasteiger partial charge in [0.1, 0.15) is 11.8 Å². The molecule has 3 amide bonds. The molecule has 23 heavy (non-hydrogen) atoms. The van der Waals surface area contributed by atoms with Crippen LogP contribution in [0.5, 0.6) is 5.75 Å². The van der Waals surface area contributed by atoms with Crippen LogP contribution in [0.3, 0.4) is 0 Å². The number of benzene rings is 1.